The minimum absolute atomic E-state index is 0.261. The molecule has 0 saturated carbocycles. The van der Waals surface area contributed by atoms with Gasteiger partial charge in [-0.1, -0.05) is 65.2 Å². The summed E-state index contributed by atoms with van der Waals surface area (Å²) in [6.07, 6.45) is 3.26. The Hall–Kier alpha value is -3.94. The summed E-state index contributed by atoms with van der Waals surface area (Å²) in [5.41, 5.74) is 6.79. The van der Waals surface area contributed by atoms with Crippen molar-refractivity contribution >= 4 is 46.9 Å². The Morgan fingerprint density at radius 2 is 1.74 bits per heavy atom. The average molecular weight is 492 g/mol. The van der Waals surface area contributed by atoms with Crippen molar-refractivity contribution in [3.8, 4) is 16.9 Å². The smallest absolute Gasteiger partial charge is 0.318 e. The molecule has 0 fully saturated rings. The summed E-state index contributed by atoms with van der Waals surface area (Å²) in [6, 6.07) is 22.0. The highest BCUT2D eigenvalue weighted by molar-refractivity contribution is 6.43. The zero-order chi connectivity index (χ0) is 24.1. The molecule has 4 rings (SSSR count). The first kappa shape index (κ1) is 23.2. The van der Waals surface area contributed by atoms with Crippen LogP contribution in [-0.2, 0) is 9.59 Å². The molecule has 0 saturated heterocycles. The Kier molecular flexibility index (Phi) is 7.06. The van der Waals surface area contributed by atoms with Gasteiger partial charge in [-0.05, 0) is 43.3 Å². The Morgan fingerprint density at radius 3 is 2.47 bits per heavy atom. The number of aryl methyl sites for hydroxylation is 1. The van der Waals surface area contributed by atoms with E-state index in [-0.39, 0.29) is 5.02 Å². The van der Waals surface area contributed by atoms with Crippen molar-refractivity contribution in [3.63, 3.8) is 0 Å². The quantitative estimate of drug-likeness (QED) is 0.227. The van der Waals surface area contributed by atoms with Crippen LogP contribution >= 0.6 is 23.2 Å². The van der Waals surface area contributed by atoms with Crippen molar-refractivity contribution in [2.24, 2.45) is 5.10 Å². The summed E-state index contributed by atoms with van der Waals surface area (Å²) >= 11 is 11.8. The van der Waals surface area contributed by atoms with Gasteiger partial charge in [0, 0.05) is 23.0 Å². The highest BCUT2D eigenvalue weighted by Gasteiger charge is 2.15. The van der Waals surface area contributed by atoms with Crippen LogP contribution in [0.2, 0.25) is 10.0 Å². The van der Waals surface area contributed by atoms with Crippen LogP contribution in [0.25, 0.3) is 16.9 Å². The standard InChI is InChI=1S/C25H19Cl2N5O2/c1-16-6-5-7-17(12-16)23-18(15-32(31-23)20-8-3-2-4-9-20)14-28-30-25(34)24(33)29-19-10-11-21(26)22(27)13-19/h2-15H,1H3,(H,29,33)(H,30,34)/b28-14-. The second-order valence-corrected chi connectivity index (χ2v) is 8.18. The first-order valence-corrected chi connectivity index (χ1v) is 11.0. The fraction of sp³-hybridized carbons (Fsp3) is 0.0400. The van der Waals surface area contributed by atoms with Crippen LogP contribution < -0.4 is 10.7 Å². The number of carbonyl (C=O) groups is 2. The van der Waals surface area contributed by atoms with Crippen LogP contribution in [0.3, 0.4) is 0 Å². The van der Waals surface area contributed by atoms with Crippen LogP contribution in [0.1, 0.15) is 11.1 Å². The van der Waals surface area contributed by atoms with Crippen molar-refractivity contribution in [1.82, 2.24) is 15.2 Å². The molecule has 0 aliphatic carbocycles. The Balaban J connectivity index is 1.53. The Labute approximate surface area is 206 Å². The van der Waals surface area contributed by atoms with Gasteiger partial charge >= 0.3 is 11.8 Å². The van der Waals surface area contributed by atoms with Gasteiger partial charge in [0.05, 0.1) is 21.9 Å². The molecule has 1 heterocycles. The number of aromatic nitrogens is 2. The normalized spacial score (nSPS) is 10.9. The third kappa shape index (κ3) is 5.51. The van der Waals surface area contributed by atoms with E-state index in [1.54, 1.807) is 10.9 Å². The van der Waals surface area contributed by atoms with Gasteiger partial charge in [0.15, 0.2) is 0 Å². The molecule has 0 aliphatic heterocycles. The number of amides is 2. The van der Waals surface area contributed by atoms with E-state index in [1.807, 2.05) is 61.5 Å². The monoisotopic (exact) mass is 491 g/mol. The minimum atomic E-state index is -0.935. The largest absolute Gasteiger partial charge is 0.329 e. The van der Waals surface area contributed by atoms with E-state index >= 15 is 0 Å². The second-order valence-electron chi connectivity index (χ2n) is 7.36. The third-order valence-corrected chi connectivity index (χ3v) is 5.55. The first-order valence-electron chi connectivity index (χ1n) is 10.2. The number of anilines is 1. The third-order valence-electron chi connectivity index (χ3n) is 4.81. The molecule has 0 aliphatic rings. The number of para-hydroxylation sites is 1. The zero-order valence-electron chi connectivity index (χ0n) is 18.0. The summed E-state index contributed by atoms with van der Waals surface area (Å²) in [5, 5.41) is 11.7. The molecule has 34 heavy (non-hydrogen) atoms. The molecule has 2 amide bonds. The van der Waals surface area contributed by atoms with Crippen molar-refractivity contribution in [2.45, 2.75) is 6.92 Å². The molecule has 0 bridgehead atoms. The number of hydrogen-bond donors (Lipinski definition) is 2. The van der Waals surface area contributed by atoms with E-state index in [4.69, 9.17) is 28.3 Å². The molecule has 0 radical (unpaired) electrons. The predicted molar refractivity (Wildman–Crippen MR) is 135 cm³/mol. The number of nitrogens with zero attached hydrogens (tertiary/aromatic N) is 3. The maximum absolute atomic E-state index is 12.2. The Bertz CT molecular complexity index is 1380. The first-order chi connectivity index (χ1) is 16.4. The second kappa shape index (κ2) is 10.3. The van der Waals surface area contributed by atoms with E-state index in [2.05, 4.69) is 15.8 Å². The molecule has 2 N–H and O–H groups in total. The fourth-order valence-electron chi connectivity index (χ4n) is 3.18. The van der Waals surface area contributed by atoms with E-state index in [9.17, 15) is 9.59 Å². The summed E-state index contributed by atoms with van der Waals surface area (Å²) in [5.74, 6) is -1.83. The molecule has 0 atom stereocenters. The van der Waals surface area contributed by atoms with Crippen molar-refractivity contribution in [1.29, 1.82) is 0 Å². The summed E-state index contributed by atoms with van der Waals surface area (Å²) in [4.78, 5) is 24.4. The summed E-state index contributed by atoms with van der Waals surface area (Å²) in [7, 11) is 0. The maximum atomic E-state index is 12.2. The Morgan fingerprint density at radius 1 is 0.941 bits per heavy atom. The van der Waals surface area contributed by atoms with E-state index in [1.165, 1.54) is 24.4 Å². The molecule has 7 nitrogen and oxygen atoms in total. The highest BCUT2D eigenvalue weighted by Crippen LogP contribution is 2.25. The lowest BCUT2D eigenvalue weighted by Crippen LogP contribution is -2.32. The molecular formula is C25H19Cl2N5O2. The molecule has 1 aromatic heterocycles. The zero-order valence-corrected chi connectivity index (χ0v) is 19.5. The van der Waals surface area contributed by atoms with E-state index in [0.29, 0.717) is 22.0 Å². The number of carbonyl (C=O) groups excluding carboxylic acids is 2. The molecule has 0 spiro atoms. The lowest BCUT2D eigenvalue weighted by atomic mass is 10.1. The molecule has 9 heteroatoms. The van der Waals surface area contributed by atoms with E-state index in [0.717, 1.165) is 16.8 Å². The van der Waals surface area contributed by atoms with Gasteiger partial charge in [-0.3, -0.25) is 9.59 Å². The molecule has 3 aromatic carbocycles. The van der Waals surface area contributed by atoms with Gasteiger partial charge in [0.1, 0.15) is 5.69 Å². The lowest BCUT2D eigenvalue weighted by Gasteiger charge is -2.05. The van der Waals surface area contributed by atoms with Crippen molar-refractivity contribution in [2.75, 3.05) is 5.32 Å². The van der Waals surface area contributed by atoms with Crippen LogP contribution in [0.4, 0.5) is 5.69 Å². The van der Waals surface area contributed by atoms with Gasteiger partial charge in [0.2, 0.25) is 0 Å². The van der Waals surface area contributed by atoms with Crippen LogP contribution in [0, 0.1) is 6.92 Å². The number of halogens is 2. The van der Waals surface area contributed by atoms with Gasteiger partial charge in [-0.15, -0.1) is 0 Å². The van der Waals surface area contributed by atoms with Crippen molar-refractivity contribution in [3.05, 3.63) is 100 Å². The van der Waals surface area contributed by atoms with Gasteiger partial charge < -0.3 is 5.32 Å². The fourth-order valence-corrected chi connectivity index (χ4v) is 3.48. The average Bonchev–Trinajstić information content (AvgIpc) is 3.26. The number of rotatable bonds is 5. The predicted octanol–water partition coefficient (Wildman–Crippen LogP) is 5.24. The SMILES string of the molecule is Cc1cccc(-c2nn(-c3ccccc3)cc2/C=N\NC(=O)C(=O)Nc2ccc(Cl)c(Cl)c2)c1. The molecular weight excluding hydrogens is 473 g/mol. The summed E-state index contributed by atoms with van der Waals surface area (Å²) < 4.78 is 1.73. The number of benzene rings is 3. The minimum Gasteiger partial charge on any atom is -0.318 e. The van der Waals surface area contributed by atoms with Crippen LogP contribution in [-0.4, -0.2) is 27.8 Å². The molecule has 170 valence electrons. The van der Waals surface area contributed by atoms with E-state index < -0.39 is 11.8 Å². The molecule has 0 unspecified atom stereocenters. The molecule has 4 aromatic rings. The number of nitrogens with one attached hydrogen (secondary N) is 2. The lowest BCUT2D eigenvalue weighted by molar-refractivity contribution is -0.136. The highest BCUT2D eigenvalue weighted by atomic mass is 35.5. The van der Waals surface area contributed by atoms with Crippen molar-refractivity contribution < 1.29 is 9.59 Å². The van der Waals surface area contributed by atoms with Gasteiger partial charge in [0.25, 0.3) is 0 Å². The van der Waals surface area contributed by atoms with Gasteiger partial charge in [-0.25, -0.2) is 10.1 Å². The van der Waals surface area contributed by atoms with Crippen LogP contribution in [0.15, 0.2) is 84.1 Å². The number of hydrazone groups is 1. The maximum Gasteiger partial charge on any atom is 0.329 e. The summed E-state index contributed by atoms with van der Waals surface area (Å²) in [6.45, 7) is 2.00. The topological polar surface area (TPSA) is 88.4 Å². The van der Waals surface area contributed by atoms with Gasteiger partial charge in [-0.2, -0.15) is 10.2 Å². The van der Waals surface area contributed by atoms with Crippen LogP contribution in [0.5, 0.6) is 0 Å². The number of hydrogen-bond acceptors (Lipinski definition) is 4.